The number of nitrogens with two attached hydrogens (primary N) is 1. The maximum absolute atomic E-state index is 11.6. The molecule has 6 heteroatoms. The summed E-state index contributed by atoms with van der Waals surface area (Å²) >= 11 is 0. The third kappa shape index (κ3) is 4.21. The normalized spacial score (nSPS) is 10.2. The summed E-state index contributed by atoms with van der Waals surface area (Å²) in [7, 11) is 3.39. The molecule has 0 radical (unpaired) electrons. The molecule has 18 heavy (non-hydrogen) atoms. The molecule has 1 aromatic rings. The van der Waals surface area contributed by atoms with Crippen LogP contribution in [0, 0.1) is 6.92 Å². The number of nitrogens with zero attached hydrogens (tertiary/aromatic N) is 2. The van der Waals surface area contributed by atoms with Crippen LogP contribution in [0.25, 0.3) is 0 Å². The first-order valence-electron chi connectivity index (χ1n) is 5.73. The third-order valence-corrected chi connectivity index (χ3v) is 2.53. The van der Waals surface area contributed by atoms with Crippen molar-refractivity contribution in [3.8, 4) is 0 Å². The number of amides is 1. The maximum atomic E-state index is 11.6. The van der Waals surface area contributed by atoms with E-state index in [2.05, 4.69) is 10.3 Å². The number of rotatable bonds is 6. The van der Waals surface area contributed by atoms with Crippen molar-refractivity contribution in [3.63, 3.8) is 0 Å². The van der Waals surface area contributed by atoms with Crippen molar-refractivity contribution in [2.75, 3.05) is 44.5 Å². The molecule has 1 amide bonds. The molecule has 0 aromatic carbocycles. The van der Waals surface area contributed by atoms with E-state index in [1.165, 1.54) is 0 Å². The summed E-state index contributed by atoms with van der Waals surface area (Å²) < 4.78 is 4.85. The summed E-state index contributed by atoms with van der Waals surface area (Å²) in [5.41, 5.74) is 7.40. The zero-order valence-electron chi connectivity index (χ0n) is 11.1. The minimum atomic E-state index is -0.0736. The Bertz CT molecular complexity index is 409. The Morgan fingerprint density at radius 3 is 2.94 bits per heavy atom. The van der Waals surface area contributed by atoms with Crippen molar-refractivity contribution in [1.82, 2.24) is 10.3 Å². The molecular formula is C12H20N4O2. The number of carbonyl (C=O) groups excluding carboxylic acids is 1. The number of nitrogens with one attached hydrogen (secondary N) is 1. The van der Waals surface area contributed by atoms with Crippen molar-refractivity contribution in [3.05, 3.63) is 17.8 Å². The van der Waals surface area contributed by atoms with E-state index in [1.54, 1.807) is 31.3 Å². The zero-order valence-corrected chi connectivity index (χ0v) is 11.1. The van der Waals surface area contributed by atoms with Crippen molar-refractivity contribution < 1.29 is 9.53 Å². The highest BCUT2D eigenvalue weighted by atomic mass is 16.5. The molecule has 1 rings (SSSR count). The minimum absolute atomic E-state index is 0.0736. The monoisotopic (exact) mass is 252 g/mol. The maximum Gasteiger partial charge on any atom is 0.239 e. The summed E-state index contributed by atoms with van der Waals surface area (Å²) in [6, 6.07) is 1.76. The van der Waals surface area contributed by atoms with Gasteiger partial charge in [-0.15, -0.1) is 0 Å². The number of aryl methyl sites for hydroxylation is 1. The highest BCUT2D eigenvalue weighted by Crippen LogP contribution is 2.16. The molecule has 0 atom stereocenters. The van der Waals surface area contributed by atoms with Crippen molar-refractivity contribution in [2.45, 2.75) is 6.92 Å². The van der Waals surface area contributed by atoms with Crippen molar-refractivity contribution in [2.24, 2.45) is 0 Å². The largest absolute Gasteiger partial charge is 0.398 e. The number of carbonyl (C=O) groups is 1. The molecule has 6 nitrogen and oxygen atoms in total. The number of anilines is 2. The van der Waals surface area contributed by atoms with Gasteiger partial charge in [-0.1, -0.05) is 0 Å². The van der Waals surface area contributed by atoms with Gasteiger partial charge in [0.1, 0.15) is 5.82 Å². The Morgan fingerprint density at radius 2 is 2.33 bits per heavy atom. The van der Waals surface area contributed by atoms with Gasteiger partial charge in [-0.2, -0.15) is 0 Å². The van der Waals surface area contributed by atoms with E-state index >= 15 is 0 Å². The standard InChI is InChI=1S/C12H20N4O2/c1-9-7-15-11(6-10(9)13)16(2)8-12(17)14-4-5-18-3/h6-7H,4-5,8H2,1-3H3,(H2,13,15)(H,14,17). The quantitative estimate of drug-likeness (QED) is 0.705. The van der Waals surface area contributed by atoms with Crippen LogP contribution in [-0.4, -0.2) is 44.7 Å². The van der Waals surface area contributed by atoms with Crippen LogP contribution >= 0.6 is 0 Å². The fraction of sp³-hybridized carbons (Fsp3) is 0.500. The summed E-state index contributed by atoms with van der Waals surface area (Å²) in [4.78, 5) is 17.6. The number of hydrogen-bond acceptors (Lipinski definition) is 5. The molecular weight excluding hydrogens is 232 g/mol. The highest BCUT2D eigenvalue weighted by molar-refractivity contribution is 5.81. The molecule has 0 saturated carbocycles. The number of ether oxygens (including phenoxy) is 1. The second-order valence-corrected chi connectivity index (χ2v) is 4.10. The van der Waals surface area contributed by atoms with Gasteiger partial charge < -0.3 is 20.7 Å². The number of nitrogen functional groups attached to an aromatic ring is 1. The van der Waals surface area contributed by atoms with Gasteiger partial charge in [-0.25, -0.2) is 4.98 Å². The molecule has 0 bridgehead atoms. The Morgan fingerprint density at radius 1 is 1.61 bits per heavy atom. The average molecular weight is 252 g/mol. The molecule has 0 aliphatic carbocycles. The van der Waals surface area contributed by atoms with Gasteiger partial charge in [-0.3, -0.25) is 4.79 Å². The fourth-order valence-corrected chi connectivity index (χ4v) is 1.38. The summed E-state index contributed by atoms with van der Waals surface area (Å²) in [5, 5.41) is 2.75. The number of likely N-dealkylation sites (N-methyl/N-ethyl adjacent to an activating group) is 1. The molecule has 0 saturated heterocycles. The van der Waals surface area contributed by atoms with Crippen LogP contribution in [0.3, 0.4) is 0 Å². The summed E-state index contributed by atoms with van der Waals surface area (Å²) in [5.74, 6) is 0.607. The molecule has 100 valence electrons. The molecule has 0 spiro atoms. The van der Waals surface area contributed by atoms with Gasteiger partial charge in [-0.05, 0) is 12.5 Å². The van der Waals surface area contributed by atoms with Crippen LogP contribution in [-0.2, 0) is 9.53 Å². The predicted molar refractivity (Wildman–Crippen MR) is 71.5 cm³/mol. The van der Waals surface area contributed by atoms with Crippen LogP contribution in [0.2, 0.25) is 0 Å². The molecule has 1 aromatic heterocycles. The van der Waals surface area contributed by atoms with Crippen LogP contribution < -0.4 is 16.0 Å². The van der Waals surface area contributed by atoms with Crippen LogP contribution in [0.1, 0.15) is 5.56 Å². The number of methoxy groups -OCH3 is 1. The molecule has 3 N–H and O–H groups in total. The Labute approximate surface area is 107 Å². The number of hydrogen-bond donors (Lipinski definition) is 2. The zero-order chi connectivity index (χ0) is 13.5. The minimum Gasteiger partial charge on any atom is -0.398 e. The first-order chi connectivity index (χ1) is 8.54. The number of aromatic nitrogens is 1. The molecule has 0 aliphatic rings. The first-order valence-corrected chi connectivity index (χ1v) is 5.73. The summed E-state index contributed by atoms with van der Waals surface area (Å²) in [6.45, 7) is 3.14. The lowest BCUT2D eigenvalue weighted by Crippen LogP contribution is -2.37. The van der Waals surface area contributed by atoms with E-state index in [1.807, 2.05) is 6.92 Å². The number of pyridine rings is 1. The lowest BCUT2D eigenvalue weighted by molar-refractivity contribution is -0.119. The van der Waals surface area contributed by atoms with Gasteiger partial charge in [0.15, 0.2) is 0 Å². The smallest absolute Gasteiger partial charge is 0.239 e. The van der Waals surface area contributed by atoms with E-state index in [9.17, 15) is 4.79 Å². The highest BCUT2D eigenvalue weighted by Gasteiger charge is 2.09. The van der Waals surface area contributed by atoms with Gasteiger partial charge in [0, 0.05) is 38.7 Å². The molecule has 1 heterocycles. The van der Waals surface area contributed by atoms with Crippen LogP contribution in [0.4, 0.5) is 11.5 Å². The molecule has 0 aliphatic heterocycles. The van der Waals surface area contributed by atoms with Crippen molar-refractivity contribution >= 4 is 17.4 Å². The van der Waals surface area contributed by atoms with E-state index in [0.29, 0.717) is 24.7 Å². The second kappa shape index (κ2) is 6.80. The Hall–Kier alpha value is -1.82. The molecule has 0 unspecified atom stereocenters. The topological polar surface area (TPSA) is 80.5 Å². The van der Waals surface area contributed by atoms with Gasteiger partial charge >= 0.3 is 0 Å². The lowest BCUT2D eigenvalue weighted by atomic mass is 10.2. The van der Waals surface area contributed by atoms with Crippen LogP contribution in [0.5, 0.6) is 0 Å². The first kappa shape index (κ1) is 14.2. The third-order valence-electron chi connectivity index (χ3n) is 2.53. The van der Waals surface area contributed by atoms with Crippen molar-refractivity contribution in [1.29, 1.82) is 0 Å². The predicted octanol–water partition coefficient (Wildman–Crippen LogP) is 0.171. The fourth-order valence-electron chi connectivity index (χ4n) is 1.38. The lowest BCUT2D eigenvalue weighted by Gasteiger charge is -2.18. The average Bonchev–Trinajstić information content (AvgIpc) is 2.33. The van der Waals surface area contributed by atoms with Gasteiger partial charge in [0.25, 0.3) is 0 Å². The SMILES string of the molecule is COCCNC(=O)CN(C)c1cc(N)c(C)cn1. The summed E-state index contributed by atoms with van der Waals surface area (Å²) in [6.07, 6.45) is 1.70. The van der Waals surface area contributed by atoms with E-state index < -0.39 is 0 Å². The second-order valence-electron chi connectivity index (χ2n) is 4.10. The van der Waals surface area contributed by atoms with E-state index in [0.717, 1.165) is 5.56 Å². The van der Waals surface area contributed by atoms with E-state index in [4.69, 9.17) is 10.5 Å². The Balaban J connectivity index is 2.51. The van der Waals surface area contributed by atoms with Crippen LogP contribution in [0.15, 0.2) is 12.3 Å². The van der Waals surface area contributed by atoms with E-state index in [-0.39, 0.29) is 12.5 Å². The molecule has 0 fully saturated rings. The van der Waals surface area contributed by atoms with Gasteiger partial charge in [0.05, 0.1) is 13.2 Å². The Kier molecular flexibility index (Phi) is 5.38. The van der Waals surface area contributed by atoms with Gasteiger partial charge in [0.2, 0.25) is 5.91 Å².